The summed E-state index contributed by atoms with van der Waals surface area (Å²) >= 11 is 0. The molecule has 3 N–H and O–H groups in total. The number of H-pyrrole nitrogens is 1. The van der Waals surface area contributed by atoms with Gasteiger partial charge in [0.1, 0.15) is 17.2 Å². The van der Waals surface area contributed by atoms with Gasteiger partial charge >= 0.3 is 6.18 Å². The quantitative estimate of drug-likeness (QED) is 0.399. The Hall–Kier alpha value is -3.73. The van der Waals surface area contributed by atoms with Crippen molar-refractivity contribution < 1.29 is 22.7 Å². The van der Waals surface area contributed by atoms with E-state index in [1.54, 1.807) is 18.2 Å². The Morgan fingerprint density at radius 1 is 1.24 bits per heavy atom. The first kappa shape index (κ1) is 24.9. The van der Waals surface area contributed by atoms with E-state index >= 15 is 0 Å². The molecular formula is C26H29F3N6O2. The average Bonchev–Trinajstić information content (AvgIpc) is 3.53. The van der Waals surface area contributed by atoms with Gasteiger partial charge in [0.25, 0.3) is 5.91 Å². The minimum atomic E-state index is -4.51. The van der Waals surface area contributed by atoms with Crippen LogP contribution in [-0.2, 0) is 12.6 Å². The van der Waals surface area contributed by atoms with Gasteiger partial charge in [-0.2, -0.15) is 13.2 Å². The van der Waals surface area contributed by atoms with Crippen molar-refractivity contribution in [2.75, 3.05) is 56.5 Å². The van der Waals surface area contributed by atoms with Gasteiger partial charge in [0, 0.05) is 74.8 Å². The largest absolute Gasteiger partial charge is 0.491 e. The van der Waals surface area contributed by atoms with Crippen molar-refractivity contribution >= 4 is 34.1 Å². The minimum absolute atomic E-state index is 0.00416. The van der Waals surface area contributed by atoms with Crippen LogP contribution in [0.2, 0.25) is 0 Å². The SMILES string of the molecule is C=CCN1CCN(C(=O)c2ccc(Nc3cc(NCC)c4c(C(F)(F)F)c[nH]c4n3)c3c2CCO3)CC1. The zero-order valence-electron chi connectivity index (χ0n) is 20.5. The van der Waals surface area contributed by atoms with Crippen LogP contribution in [0.25, 0.3) is 11.0 Å². The zero-order valence-corrected chi connectivity index (χ0v) is 20.5. The van der Waals surface area contributed by atoms with Gasteiger partial charge < -0.3 is 25.3 Å². The zero-order chi connectivity index (χ0) is 26.2. The summed E-state index contributed by atoms with van der Waals surface area (Å²) in [6.07, 6.45) is -1.11. The molecule has 5 rings (SSSR count). The van der Waals surface area contributed by atoms with Crippen LogP contribution in [0.3, 0.4) is 0 Å². The molecule has 0 aliphatic carbocycles. The Kier molecular flexibility index (Phi) is 6.72. The molecule has 11 heteroatoms. The van der Waals surface area contributed by atoms with E-state index in [0.717, 1.165) is 31.4 Å². The molecule has 0 spiro atoms. The van der Waals surface area contributed by atoms with E-state index in [1.165, 1.54) is 0 Å². The first-order valence-electron chi connectivity index (χ1n) is 12.3. The number of halogens is 3. The van der Waals surface area contributed by atoms with Crippen molar-refractivity contribution in [1.82, 2.24) is 19.8 Å². The fourth-order valence-electron chi connectivity index (χ4n) is 4.97. The molecule has 0 saturated carbocycles. The third kappa shape index (κ3) is 4.83. The maximum absolute atomic E-state index is 13.5. The molecule has 37 heavy (non-hydrogen) atoms. The molecule has 196 valence electrons. The number of piperazine rings is 1. The van der Waals surface area contributed by atoms with Gasteiger partial charge in [-0.25, -0.2) is 4.98 Å². The number of hydrogen-bond acceptors (Lipinski definition) is 6. The van der Waals surface area contributed by atoms with E-state index in [2.05, 4.69) is 32.1 Å². The Morgan fingerprint density at radius 2 is 2.03 bits per heavy atom. The summed E-state index contributed by atoms with van der Waals surface area (Å²) in [5, 5.41) is 6.19. The number of carbonyl (C=O) groups is 1. The number of amides is 1. The summed E-state index contributed by atoms with van der Waals surface area (Å²) in [7, 11) is 0. The second-order valence-corrected chi connectivity index (χ2v) is 9.08. The molecule has 2 aromatic heterocycles. The summed E-state index contributed by atoms with van der Waals surface area (Å²) in [6, 6.07) is 5.10. The number of ether oxygens (including phenoxy) is 1. The predicted octanol–water partition coefficient (Wildman–Crippen LogP) is 4.64. The molecule has 0 bridgehead atoms. The average molecular weight is 515 g/mol. The molecule has 0 unspecified atom stereocenters. The highest BCUT2D eigenvalue weighted by Gasteiger charge is 2.35. The van der Waals surface area contributed by atoms with Crippen molar-refractivity contribution in [2.45, 2.75) is 19.5 Å². The van der Waals surface area contributed by atoms with Crippen LogP contribution in [0.4, 0.5) is 30.4 Å². The Morgan fingerprint density at radius 3 is 2.73 bits per heavy atom. The first-order chi connectivity index (χ1) is 17.8. The predicted molar refractivity (Wildman–Crippen MR) is 137 cm³/mol. The normalized spacial score (nSPS) is 15.9. The molecule has 1 aromatic carbocycles. The van der Waals surface area contributed by atoms with Gasteiger partial charge in [0.2, 0.25) is 0 Å². The first-order valence-corrected chi connectivity index (χ1v) is 12.3. The topological polar surface area (TPSA) is 85.5 Å². The lowest BCUT2D eigenvalue weighted by molar-refractivity contribution is -0.136. The van der Waals surface area contributed by atoms with Gasteiger partial charge in [-0.3, -0.25) is 9.69 Å². The molecule has 3 aromatic rings. The fraction of sp³-hybridized carbons (Fsp3) is 0.385. The van der Waals surface area contributed by atoms with E-state index in [-0.39, 0.29) is 16.9 Å². The molecule has 1 amide bonds. The summed E-state index contributed by atoms with van der Waals surface area (Å²) in [5.74, 6) is 0.909. The number of carbonyl (C=O) groups excluding carboxylic acids is 1. The molecule has 0 radical (unpaired) electrons. The maximum atomic E-state index is 13.5. The van der Waals surface area contributed by atoms with Crippen molar-refractivity contribution in [1.29, 1.82) is 0 Å². The van der Waals surface area contributed by atoms with Gasteiger partial charge in [-0.1, -0.05) is 6.08 Å². The smallest absolute Gasteiger partial charge is 0.418 e. The lowest BCUT2D eigenvalue weighted by atomic mass is 10.0. The highest BCUT2D eigenvalue weighted by Crippen LogP contribution is 2.41. The number of pyridine rings is 1. The van der Waals surface area contributed by atoms with Gasteiger partial charge in [-0.05, 0) is 19.1 Å². The summed E-state index contributed by atoms with van der Waals surface area (Å²) in [5.41, 5.74) is 1.73. The number of fused-ring (bicyclic) bond motifs is 2. The number of benzene rings is 1. The van der Waals surface area contributed by atoms with Crippen LogP contribution < -0.4 is 15.4 Å². The van der Waals surface area contributed by atoms with Gasteiger partial charge in [-0.15, -0.1) is 6.58 Å². The molecule has 4 heterocycles. The molecule has 0 atom stereocenters. The lowest BCUT2D eigenvalue weighted by Gasteiger charge is -2.34. The third-order valence-corrected chi connectivity index (χ3v) is 6.71. The summed E-state index contributed by atoms with van der Waals surface area (Å²) < 4.78 is 46.4. The monoisotopic (exact) mass is 514 g/mol. The Balaban J connectivity index is 1.42. The molecule has 2 aliphatic rings. The van der Waals surface area contributed by atoms with E-state index in [9.17, 15) is 18.0 Å². The number of aromatic nitrogens is 2. The Bertz CT molecular complexity index is 1330. The van der Waals surface area contributed by atoms with Crippen molar-refractivity contribution in [3.05, 3.63) is 53.7 Å². The lowest BCUT2D eigenvalue weighted by Crippen LogP contribution is -2.48. The van der Waals surface area contributed by atoms with Gasteiger partial charge in [0.05, 0.1) is 23.2 Å². The van der Waals surface area contributed by atoms with Crippen molar-refractivity contribution in [2.24, 2.45) is 0 Å². The standard InChI is InChI=1S/C26H29F3N6O2/c1-3-8-34-9-11-35(12-10-34)25(36)17-5-6-19(23-16(17)7-13-37-23)32-21-14-20(30-4-2)22-18(26(27,28)29)15-31-24(22)33-21/h3,5-6,14-15H,1,4,7-13H2,2H3,(H3,30,31,32,33). The molecular weight excluding hydrogens is 485 g/mol. The van der Waals surface area contributed by atoms with Crippen LogP contribution in [-0.4, -0.2) is 71.6 Å². The molecule has 1 fully saturated rings. The van der Waals surface area contributed by atoms with Crippen molar-refractivity contribution in [3.8, 4) is 5.75 Å². The highest BCUT2D eigenvalue weighted by atomic mass is 19.4. The highest BCUT2D eigenvalue weighted by molar-refractivity contribution is 5.98. The number of anilines is 3. The van der Waals surface area contributed by atoms with Crippen LogP contribution >= 0.6 is 0 Å². The number of rotatable bonds is 7. The number of nitrogens with zero attached hydrogens (tertiary/aromatic N) is 3. The van der Waals surface area contributed by atoms with Crippen LogP contribution in [0.1, 0.15) is 28.4 Å². The van der Waals surface area contributed by atoms with E-state index < -0.39 is 11.7 Å². The van der Waals surface area contributed by atoms with E-state index in [4.69, 9.17) is 4.74 Å². The van der Waals surface area contributed by atoms with Crippen LogP contribution in [0.5, 0.6) is 5.75 Å². The number of alkyl halides is 3. The number of aromatic amines is 1. The molecule has 8 nitrogen and oxygen atoms in total. The molecule has 1 saturated heterocycles. The second kappa shape index (κ2) is 9.97. The minimum Gasteiger partial charge on any atom is -0.491 e. The van der Waals surface area contributed by atoms with Crippen molar-refractivity contribution in [3.63, 3.8) is 0 Å². The van der Waals surface area contributed by atoms with Crippen LogP contribution in [0, 0.1) is 0 Å². The number of nitrogens with one attached hydrogen (secondary N) is 3. The van der Waals surface area contributed by atoms with Gasteiger partial charge in [0.15, 0.2) is 0 Å². The van der Waals surface area contributed by atoms with E-state index in [0.29, 0.717) is 61.2 Å². The molecule has 2 aliphatic heterocycles. The summed E-state index contributed by atoms with van der Waals surface area (Å²) in [4.78, 5) is 24.5. The summed E-state index contributed by atoms with van der Waals surface area (Å²) in [6.45, 7) is 10.2. The van der Waals surface area contributed by atoms with E-state index in [1.807, 2.05) is 17.9 Å². The second-order valence-electron chi connectivity index (χ2n) is 9.08. The Labute approximate surface area is 212 Å². The maximum Gasteiger partial charge on any atom is 0.418 e. The fourth-order valence-corrected chi connectivity index (χ4v) is 4.97. The third-order valence-electron chi connectivity index (χ3n) is 6.71. The number of hydrogen-bond donors (Lipinski definition) is 3. The van der Waals surface area contributed by atoms with Crippen LogP contribution in [0.15, 0.2) is 37.1 Å².